The predicted octanol–water partition coefficient (Wildman–Crippen LogP) is 2.73. The standard InChI is InChI=1S/C22H48N4O3/c1-5-6-14-27-17-13-26-20-21(24-25-26)9-15-28-18-19-29-16-12-23-11-8-7-10-22(2,3)4/h21,23-25H,5-20H2,1-4H3. The fourth-order valence-electron chi connectivity index (χ4n) is 3.10. The van der Waals surface area contributed by atoms with E-state index in [0.29, 0.717) is 24.7 Å². The second-order valence-corrected chi connectivity index (χ2v) is 9.15. The normalized spacial score (nSPS) is 18.0. The zero-order valence-electron chi connectivity index (χ0n) is 19.6. The highest BCUT2D eigenvalue weighted by Gasteiger charge is 2.20. The summed E-state index contributed by atoms with van der Waals surface area (Å²) >= 11 is 0. The third-order valence-electron chi connectivity index (χ3n) is 4.95. The number of nitrogens with zero attached hydrogens (tertiary/aromatic N) is 1. The van der Waals surface area contributed by atoms with Crippen molar-refractivity contribution in [1.82, 2.24) is 21.3 Å². The van der Waals surface area contributed by atoms with E-state index in [1.807, 2.05) is 0 Å². The minimum absolute atomic E-state index is 0.425. The van der Waals surface area contributed by atoms with Crippen LogP contribution in [0.15, 0.2) is 0 Å². The van der Waals surface area contributed by atoms with Crippen LogP contribution < -0.4 is 16.3 Å². The van der Waals surface area contributed by atoms with Gasteiger partial charge >= 0.3 is 0 Å². The van der Waals surface area contributed by atoms with E-state index >= 15 is 0 Å². The summed E-state index contributed by atoms with van der Waals surface area (Å²) in [4.78, 5) is 0. The van der Waals surface area contributed by atoms with Crippen molar-refractivity contribution in [2.45, 2.75) is 72.3 Å². The molecule has 0 bridgehead atoms. The molecular weight excluding hydrogens is 368 g/mol. The maximum Gasteiger partial charge on any atom is 0.0701 e. The van der Waals surface area contributed by atoms with Gasteiger partial charge in [-0.05, 0) is 37.6 Å². The summed E-state index contributed by atoms with van der Waals surface area (Å²) in [6.07, 6.45) is 7.15. The summed E-state index contributed by atoms with van der Waals surface area (Å²) in [5.41, 5.74) is 6.98. The number of nitrogens with one attached hydrogen (secondary N) is 3. The third kappa shape index (κ3) is 17.1. The highest BCUT2D eigenvalue weighted by molar-refractivity contribution is 4.73. The summed E-state index contributed by atoms with van der Waals surface area (Å²) in [6.45, 7) is 17.5. The van der Waals surface area contributed by atoms with Gasteiger partial charge in [0.25, 0.3) is 0 Å². The Balaban J connectivity index is 1.78. The fraction of sp³-hybridized carbons (Fsp3) is 1.00. The van der Waals surface area contributed by atoms with Crippen LogP contribution >= 0.6 is 0 Å². The summed E-state index contributed by atoms with van der Waals surface area (Å²) in [6, 6.07) is 0.425. The number of hydrazine groups is 2. The van der Waals surface area contributed by atoms with Crippen molar-refractivity contribution in [3.05, 3.63) is 0 Å². The van der Waals surface area contributed by atoms with Crippen LogP contribution in [0.25, 0.3) is 0 Å². The van der Waals surface area contributed by atoms with E-state index in [9.17, 15) is 0 Å². The summed E-state index contributed by atoms with van der Waals surface area (Å²) in [5, 5.41) is 5.62. The van der Waals surface area contributed by atoms with Crippen LogP contribution in [0.5, 0.6) is 0 Å². The number of unbranched alkanes of at least 4 members (excludes halogenated alkanes) is 2. The van der Waals surface area contributed by atoms with Gasteiger partial charge < -0.3 is 19.5 Å². The zero-order chi connectivity index (χ0) is 21.2. The first-order chi connectivity index (χ1) is 14.0. The molecule has 1 aliphatic rings. The van der Waals surface area contributed by atoms with Gasteiger partial charge in [-0.2, -0.15) is 5.53 Å². The van der Waals surface area contributed by atoms with Crippen molar-refractivity contribution in [2.75, 3.05) is 65.8 Å². The lowest BCUT2D eigenvalue weighted by molar-refractivity contribution is 0.0459. The molecule has 1 atom stereocenters. The summed E-state index contributed by atoms with van der Waals surface area (Å²) in [5.74, 6) is 0. The van der Waals surface area contributed by atoms with Gasteiger partial charge in [-0.15, -0.1) is 0 Å². The van der Waals surface area contributed by atoms with Crippen LogP contribution in [0.4, 0.5) is 0 Å². The Morgan fingerprint density at radius 3 is 2.41 bits per heavy atom. The Labute approximate surface area is 179 Å². The van der Waals surface area contributed by atoms with Crippen molar-refractivity contribution in [1.29, 1.82) is 0 Å². The van der Waals surface area contributed by atoms with Crippen LogP contribution in [0.2, 0.25) is 0 Å². The maximum atomic E-state index is 5.69. The molecule has 1 heterocycles. The monoisotopic (exact) mass is 416 g/mol. The third-order valence-corrected chi connectivity index (χ3v) is 4.95. The van der Waals surface area contributed by atoms with Crippen molar-refractivity contribution in [3.63, 3.8) is 0 Å². The van der Waals surface area contributed by atoms with E-state index in [4.69, 9.17) is 14.2 Å². The molecule has 0 aromatic heterocycles. The quantitative estimate of drug-likeness (QED) is 0.280. The van der Waals surface area contributed by atoms with Crippen molar-refractivity contribution >= 4 is 0 Å². The first kappa shape index (κ1) is 26.8. The average molecular weight is 417 g/mol. The molecule has 0 spiro atoms. The Kier molecular flexibility index (Phi) is 16.1. The van der Waals surface area contributed by atoms with Gasteiger partial charge in [-0.1, -0.05) is 40.5 Å². The highest BCUT2D eigenvalue weighted by atomic mass is 16.5. The van der Waals surface area contributed by atoms with E-state index in [1.54, 1.807) is 0 Å². The highest BCUT2D eigenvalue weighted by Crippen LogP contribution is 2.21. The van der Waals surface area contributed by atoms with Crippen molar-refractivity contribution in [2.24, 2.45) is 5.41 Å². The van der Waals surface area contributed by atoms with Crippen molar-refractivity contribution < 1.29 is 14.2 Å². The fourth-order valence-corrected chi connectivity index (χ4v) is 3.10. The minimum atomic E-state index is 0.425. The molecular formula is C22H48N4O3. The molecule has 0 aromatic carbocycles. The zero-order valence-corrected chi connectivity index (χ0v) is 19.6. The Morgan fingerprint density at radius 1 is 0.897 bits per heavy atom. The van der Waals surface area contributed by atoms with Gasteiger partial charge in [0.1, 0.15) is 0 Å². The Hall–Kier alpha value is -0.280. The number of hydrogen-bond donors (Lipinski definition) is 3. The van der Waals surface area contributed by atoms with Gasteiger partial charge in [0.2, 0.25) is 0 Å². The van der Waals surface area contributed by atoms with Gasteiger partial charge in [-0.25, -0.2) is 10.4 Å². The van der Waals surface area contributed by atoms with E-state index in [0.717, 1.165) is 65.4 Å². The van der Waals surface area contributed by atoms with E-state index in [-0.39, 0.29) is 0 Å². The Bertz CT molecular complexity index is 366. The van der Waals surface area contributed by atoms with Gasteiger partial charge in [0.15, 0.2) is 0 Å². The molecule has 0 saturated carbocycles. The molecule has 174 valence electrons. The molecule has 7 heteroatoms. The lowest BCUT2D eigenvalue weighted by Gasteiger charge is -2.17. The molecule has 0 aliphatic carbocycles. The van der Waals surface area contributed by atoms with E-state index < -0.39 is 0 Å². The van der Waals surface area contributed by atoms with Gasteiger partial charge in [-0.3, -0.25) is 0 Å². The molecule has 1 fully saturated rings. The largest absolute Gasteiger partial charge is 0.380 e. The molecule has 0 radical (unpaired) electrons. The van der Waals surface area contributed by atoms with E-state index in [2.05, 4.69) is 49.0 Å². The topological polar surface area (TPSA) is 67.0 Å². The van der Waals surface area contributed by atoms with Crippen LogP contribution in [0.1, 0.15) is 66.2 Å². The maximum absolute atomic E-state index is 5.69. The van der Waals surface area contributed by atoms with Crippen LogP contribution in [0, 0.1) is 5.41 Å². The minimum Gasteiger partial charge on any atom is -0.380 e. The molecule has 7 nitrogen and oxygen atoms in total. The predicted molar refractivity (Wildman–Crippen MR) is 120 cm³/mol. The second-order valence-electron chi connectivity index (χ2n) is 9.15. The van der Waals surface area contributed by atoms with Crippen LogP contribution in [-0.2, 0) is 14.2 Å². The first-order valence-electron chi connectivity index (χ1n) is 11.7. The van der Waals surface area contributed by atoms with Crippen LogP contribution in [0.3, 0.4) is 0 Å². The molecule has 1 saturated heterocycles. The van der Waals surface area contributed by atoms with Gasteiger partial charge in [0, 0.05) is 38.9 Å². The first-order valence-corrected chi connectivity index (χ1v) is 11.7. The van der Waals surface area contributed by atoms with Gasteiger partial charge in [0.05, 0.1) is 26.4 Å². The SMILES string of the molecule is CCCCOCCN1CC(CCOCCOCCNCCCCC(C)(C)C)NN1. The molecule has 29 heavy (non-hydrogen) atoms. The number of rotatable bonds is 19. The van der Waals surface area contributed by atoms with Crippen molar-refractivity contribution in [3.8, 4) is 0 Å². The number of hydrogen-bond acceptors (Lipinski definition) is 7. The smallest absolute Gasteiger partial charge is 0.0701 e. The molecule has 0 aromatic rings. The molecule has 1 unspecified atom stereocenters. The molecule has 1 rings (SSSR count). The molecule has 1 aliphatic heterocycles. The molecule has 0 amide bonds. The Morgan fingerprint density at radius 2 is 1.66 bits per heavy atom. The second kappa shape index (κ2) is 17.4. The molecule has 3 N–H and O–H groups in total. The lowest BCUT2D eigenvalue weighted by atomic mass is 9.90. The van der Waals surface area contributed by atoms with E-state index in [1.165, 1.54) is 25.7 Å². The van der Waals surface area contributed by atoms with Crippen LogP contribution in [-0.4, -0.2) is 76.9 Å². The lowest BCUT2D eigenvalue weighted by Crippen LogP contribution is -2.38. The number of ether oxygens (including phenoxy) is 3. The summed E-state index contributed by atoms with van der Waals surface area (Å²) in [7, 11) is 0. The average Bonchev–Trinajstić information content (AvgIpc) is 3.12. The summed E-state index contributed by atoms with van der Waals surface area (Å²) < 4.78 is 16.9.